The lowest BCUT2D eigenvalue weighted by Gasteiger charge is -2.26. The van der Waals surface area contributed by atoms with Gasteiger partial charge in [0.25, 0.3) is 5.91 Å². The van der Waals surface area contributed by atoms with Gasteiger partial charge in [0.05, 0.1) is 86.9 Å². The summed E-state index contributed by atoms with van der Waals surface area (Å²) in [5.41, 5.74) is 35.1. The van der Waals surface area contributed by atoms with E-state index in [1.165, 1.54) is 0 Å². The first-order valence-corrected chi connectivity index (χ1v) is 17.5. The maximum atomic E-state index is 13.4. The van der Waals surface area contributed by atoms with Crippen molar-refractivity contribution < 1.29 is 84.3 Å². The van der Waals surface area contributed by atoms with Gasteiger partial charge in [-0.15, -0.1) is 0 Å². The summed E-state index contributed by atoms with van der Waals surface area (Å²) in [5.74, 6) is -13.7. The van der Waals surface area contributed by atoms with Crippen LogP contribution in [0.4, 0.5) is 0 Å². The number of amides is 5. The van der Waals surface area contributed by atoms with Crippen molar-refractivity contribution in [2.75, 3.05) is 19.6 Å². The molecule has 0 unspecified atom stereocenters. The largest absolute Gasteiger partial charge is 0.548 e. The Balaban J connectivity index is 6.09. The van der Waals surface area contributed by atoms with Gasteiger partial charge in [0, 0.05) is 0 Å². The van der Waals surface area contributed by atoms with Crippen LogP contribution < -0.4 is 102 Å². The second-order valence-corrected chi connectivity index (χ2v) is 12.6. The molecule has 0 fully saturated rings. The molecule has 0 aromatic heterocycles. The highest BCUT2D eigenvalue weighted by molar-refractivity contribution is 5.97. The van der Waals surface area contributed by atoms with Crippen molar-refractivity contribution in [2.24, 2.45) is 34.4 Å². The third-order valence-corrected chi connectivity index (χ3v) is 7.67. The molecule has 0 aliphatic heterocycles. The van der Waals surface area contributed by atoms with Gasteiger partial charge >= 0.3 is 17.9 Å². The van der Waals surface area contributed by atoms with E-state index in [4.69, 9.17) is 34.4 Å². The number of guanidine groups is 3. The summed E-state index contributed by atoms with van der Waals surface area (Å²) in [4.78, 5) is 119. The second-order valence-electron chi connectivity index (χ2n) is 12.6. The molecule has 0 bridgehead atoms. The van der Waals surface area contributed by atoms with Crippen LogP contribution in [0.1, 0.15) is 57.8 Å². The third kappa shape index (κ3) is 23.0. The van der Waals surface area contributed by atoms with Gasteiger partial charge < -0.3 is 71.9 Å². The number of carbonyl (C=O) groups excluding carboxylic acids is 9. The second kappa shape index (κ2) is 26.7. The molecule has 5 amide bonds. The topological polar surface area (TPSA) is 532 Å². The smallest absolute Gasteiger partial charge is 0.338 e. The van der Waals surface area contributed by atoms with E-state index in [0.29, 0.717) is 0 Å². The van der Waals surface area contributed by atoms with Crippen LogP contribution in [0.25, 0.3) is 0 Å². The fraction of sp³-hybridized carbons (Fsp3) is 0.600. The molecule has 0 saturated heterocycles. The zero-order chi connectivity index (χ0) is 44.5. The highest BCUT2D eigenvalue weighted by atomic mass is 16.4. The molecule has 58 heavy (non-hydrogen) atoms. The molecule has 28 nitrogen and oxygen atoms in total. The molecule has 0 saturated carbocycles. The molecule has 0 heterocycles. The van der Waals surface area contributed by atoms with Crippen molar-refractivity contribution in [3.8, 4) is 0 Å². The number of hydrogen-bond acceptors (Lipinski definition) is 13. The van der Waals surface area contributed by atoms with Crippen LogP contribution in [0.5, 0.6) is 0 Å². The van der Waals surface area contributed by atoms with E-state index in [2.05, 4.69) is 36.7 Å². The predicted octanol–water partition coefficient (Wildman–Crippen LogP) is -19.4. The molecule has 0 spiro atoms. The summed E-state index contributed by atoms with van der Waals surface area (Å²) < 4.78 is 0. The summed E-state index contributed by atoms with van der Waals surface area (Å²) in [7, 11) is 0. The van der Waals surface area contributed by atoms with Crippen molar-refractivity contribution in [1.29, 1.82) is 0 Å². The van der Waals surface area contributed by atoms with Gasteiger partial charge in [0.2, 0.25) is 23.6 Å². The van der Waals surface area contributed by atoms with E-state index < -0.39 is 109 Å². The van der Waals surface area contributed by atoms with Crippen LogP contribution in [-0.4, -0.2) is 127 Å². The highest BCUT2D eigenvalue weighted by Gasteiger charge is 2.32. The fourth-order valence-corrected chi connectivity index (χ4v) is 4.78. The maximum Gasteiger partial charge on any atom is 0.338 e. The van der Waals surface area contributed by atoms with Crippen LogP contribution in [0.15, 0.2) is 0 Å². The van der Waals surface area contributed by atoms with Crippen molar-refractivity contribution in [1.82, 2.24) is 26.6 Å². The van der Waals surface area contributed by atoms with Crippen molar-refractivity contribution in [3.05, 3.63) is 0 Å². The molecule has 0 aromatic rings. The van der Waals surface area contributed by atoms with Crippen molar-refractivity contribution in [3.63, 3.8) is 0 Å². The first-order valence-electron chi connectivity index (χ1n) is 17.5. The molecular formula is C30H53N15O13. The van der Waals surface area contributed by atoms with E-state index in [0.717, 1.165) is 0 Å². The number of rotatable bonds is 29. The lowest BCUT2D eigenvalue weighted by molar-refractivity contribution is -0.460. The fourth-order valence-electron chi connectivity index (χ4n) is 4.78. The third-order valence-electron chi connectivity index (χ3n) is 7.67. The number of carboxylic acids is 4. The number of nitrogens with two attached hydrogens (primary N) is 6. The van der Waals surface area contributed by atoms with Crippen LogP contribution in [0.3, 0.4) is 0 Å². The number of nitrogens with one attached hydrogen (secondary N) is 8. The molecule has 23 N–H and O–H groups in total. The van der Waals surface area contributed by atoms with Gasteiger partial charge in [-0.25, -0.2) is 0 Å². The SMILES string of the molecule is NC(N)=[NH+]CCC[C@H](NC(=O)C[C@H](NC(=O)[C@H](CC(=O)N[C@@H](CCC[NH+]=C(N)N)C(=O)[O-])NC(=O)[C@@H]([NH3+])CC(=O)N[C@@H](CCC[NH+]=C(N)N)C(=O)[O-])C(=O)[O-])C(=O)[O-]. The van der Waals surface area contributed by atoms with Crippen LogP contribution in [0.2, 0.25) is 0 Å². The number of aliphatic carboxylic acids is 4. The molecule has 0 rings (SSSR count). The number of carbonyl (C=O) groups is 9. The molecule has 6 atom stereocenters. The lowest BCUT2D eigenvalue weighted by Crippen LogP contribution is -2.78. The van der Waals surface area contributed by atoms with Crippen LogP contribution >= 0.6 is 0 Å². The molecule has 28 heteroatoms. The predicted molar refractivity (Wildman–Crippen MR) is 186 cm³/mol. The summed E-state index contributed by atoms with van der Waals surface area (Å²) in [6.45, 7) is 0.340. The molecular weight excluding hydrogens is 778 g/mol. The number of carboxylic acid groups (broad SMARTS) is 4. The molecule has 0 radical (unpaired) electrons. The average Bonchev–Trinajstić information content (AvgIpc) is 3.10. The molecule has 0 aliphatic rings. The lowest BCUT2D eigenvalue weighted by atomic mass is 10.1. The summed E-state index contributed by atoms with van der Waals surface area (Å²) in [6.07, 6.45) is -3.21. The minimum Gasteiger partial charge on any atom is -0.548 e. The monoisotopic (exact) mass is 831 g/mol. The van der Waals surface area contributed by atoms with Gasteiger partial charge in [0.1, 0.15) is 6.04 Å². The first-order chi connectivity index (χ1) is 27.0. The Labute approximate surface area is 330 Å². The molecule has 326 valence electrons. The Morgan fingerprint density at radius 3 is 1.03 bits per heavy atom. The Morgan fingerprint density at radius 1 is 0.431 bits per heavy atom. The Hall–Kier alpha value is -7.00. The summed E-state index contributed by atoms with van der Waals surface area (Å²) in [5, 5.41) is 57.0. The van der Waals surface area contributed by atoms with Gasteiger partial charge in [-0.1, -0.05) is 0 Å². The standard InChI is InChI=1S/C30H53N15O13/c31-13(10-19(46)41-14(24(51)52)4-1-7-38-28(32)33)22(49)44-17(11-20(47)42-15(25(53)54)5-2-8-39-29(34)35)23(50)45-18(27(57)58)12-21(48)43-16(26(55)56)6-3-9-40-30(36)37/h13-18H,1-12,31H2,(H,41,46)(H,42,47)(H,43,48)(H,44,49)(H,45,50)(H,51,52)(H,53,54)(H,55,56)(H,57,58)(H4,32,33,38)(H4,34,35,39)(H4,36,37,40)/t13-,14-,15-,16-,17-,18-/m0/s1. The minimum atomic E-state index is -2.20. The normalized spacial score (nSPS) is 13.6. The number of hydrogen-bond donors (Lipinski definition) is 15. The van der Waals surface area contributed by atoms with Gasteiger partial charge in [-0.05, 0) is 38.5 Å². The number of quaternary nitrogens is 1. The summed E-state index contributed by atoms with van der Waals surface area (Å²) >= 11 is 0. The first kappa shape index (κ1) is 51.0. The van der Waals surface area contributed by atoms with E-state index in [1.54, 1.807) is 0 Å². The van der Waals surface area contributed by atoms with E-state index in [1.807, 2.05) is 10.6 Å². The summed E-state index contributed by atoms with van der Waals surface area (Å²) in [6, 6.07) is -10.6. The Morgan fingerprint density at radius 2 is 0.724 bits per heavy atom. The van der Waals surface area contributed by atoms with Crippen LogP contribution in [0, 0.1) is 0 Å². The van der Waals surface area contributed by atoms with E-state index in [-0.39, 0.29) is 76.0 Å². The van der Waals surface area contributed by atoms with E-state index >= 15 is 0 Å². The zero-order valence-electron chi connectivity index (χ0n) is 31.4. The molecule has 0 aromatic carbocycles. The maximum absolute atomic E-state index is 13.4. The van der Waals surface area contributed by atoms with Crippen molar-refractivity contribution >= 4 is 71.3 Å². The van der Waals surface area contributed by atoms with E-state index in [9.17, 15) is 63.6 Å². The Bertz CT molecular complexity index is 1560. The quantitative estimate of drug-likeness (QED) is 0.0189. The zero-order valence-corrected chi connectivity index (χ0v) is 31.4. The van der Waals surface area contributed by atoms with Crippen LogP contribution in [-0.2, 0) is 43.2 Å². The van der Waals surface area contributed by atoms with Gasteiger partial charge in [0.15, 0.2) is 6.04 Å². The average molecular weight is 832 g/mol. The minimum absolute atomic E-state index is 0.0886. The highest BCUT2D eigenvalue weighted by Crippen LogP contribution is 2.04. The van der Waals surface area contributed by atoms with Gasteiger partial charge in [-0.2, -0.15) is 0 Å². The molecule has 0 aliphatic carbocycles. The van der Waals surface area contributed by atoms with Crippen molar-refractivity contribution in [2.45, 2.75) is 94.0 Å². The Kier molecular flexibility index (Phi) is 23.5. The van der Waals surface area contributed by atoms with Gasteiger partial charge in [-0.3, -0.25) is 73.4 Å².